The number of allylic oxidation sites excluding steroid dienone is 1. The van der Waals surface area contributed by atoms with Gasteiger partial charge >= 0.3 is 0 Å². The highest BCUT2D eigenvalue weighted by atomic mass is 14.1. The standard InChI is InChI=1S/C34H28/c1-23-16-24(2)19-27(18-23)10-5-6-11-28-22-34-31(29-20-25(3)17-26(4)21-29)14-9-15-33(34)32-13-8-7-12-30(28)32/h6-9,11-22H,1-4H3/b11-6+. The van der Waals surface area contributed by atoms with E-state index in [1.807, 2.05) is 6.08 Å². The highest BCUT2D eigenvalue weighted by Gasteiger charge is 2.10. The van der Waals surface area contributed by atoms with Crippen molar-refractivity contribution in [2.75, 3.05) is 0 Å². The largest absolute Gasteiger partial charge is 0.0696 e. The zero-order valence-corrected chi connectivity index (χ0v) is 20.2. The van der Waals surface area contributed by atoms with Crippen LogP contribution in [0.1, 0.15) is 33.4 Å². The van der Waals surface area contributed by atoms with Crippen molar-refractivity contribution in [1.82, 2.24) is 0 Å². The van der Waals surface area contributed by atoms with Gasteiger partial charge < -0.3 is 0 Å². The molecule has 0 N–H and O–H groups in total. The first-order chi connectivity index (χ1) is 16.5. The van der Waals surface area contributed by atoms with Gasteiger partial charge in [-0.2, -0.15) is 0 Å². The van der Waals surface area contributed by atoms with Gasteiger partial charge in [-0.3, -0.25) is 0 Å². The summed E-state index contributed by atoms with van der Waals surface area (Å²) >= 11 is 0. The lowest BCUT2D eigenvalue weighted by molar-refractivity contribution is 1.37. The SMILES string of the molecule is Cc1cc(C)cc(C#C/C=C/c2cc3c(-c4cc(C)cc(C)c4)cccc3c3ccccc23)c1. The first-order valence-electron chi connectivity index (χ1n) is 11.8. The summed E-state index contributed by atoms with van der Waals surface area (Å²) < 4.78 is 0. The van der Waals surface area contributed by atoms with Gasteiger partial charge in [-0.15, -0.1) is 0 Å². The van der Waals surface area contributed by atoms with E-state index in [0.29, 0.717) is 0 Å². The van der Waals surface area contributed by atoms with E-state index < -0.39 is 0 Å². The Morgan fingerprint density at radius 2 is 1.15 bits per heavy atom. The average molecular weight is 437 g/mol. The molecule has 0 amide bonds. The van der Waals surface area contributed by atoms with E-state index >= 15 is 0 Å². The Labute approximate surface area is 202 Å². The van der Waals surface area contributed by atoms with Gasteiger partial charge in [0.2, 0.25) is 0 Å². The van der Waals surface area contributed by atoms with Crippen LogP contribution in [0, 0.1) is 39.5 Å². The maximum atomic E-state index is 3.29. The van der Waals surface area contributed by atoms with Crippen molar-refractivity contribution >= 4 is 27.6 Å². The molecule has 0 spiro atoms. The second-order valence-electron chi connectivity index (χ2n) is 9.27. The Morgan fingerprint density at radius 1 is 0.559 bits per heavy atom. The Kier molecular flexibility index (Phi) is 5.79. The third-order valence-electron chi connectivity index (χ3n) is 6.25. The lowest BCUT2D eigenvalue weighted by atomic mass is 9.91. The summed E-state index contributed by atoms with van der Waals surface area (Å²) in [5, 5.41) is 5.07. The van der Waals surface area contributed by atoms with E-state index in [9.17, 15) is 0 Å². The van der Waals surface area contributed by atoms with Gasteiger partial charge in [-0.25, -0.2) is 0 Å². The molecule has 0 bridgehead atoms. The van der Waals surface area contributed by atoms with Gasteiger partial charge in [0, 0.05) is 5.56 Å². The predicted molar refractivity (Wildman–Crippen MR) is 148 cm³/mol. The van der Waals surface area contributed by atoms with Crippen LogP contribution >= 0.6 is 0 Å². The Balaban J connectivity index is 1.66. The Hall–Kier alpha value is -4.08. The molecule has 5 aromatic carbocycles. The highest BCUT2D eigenvalue weighted by molar-refractivity contribution is 6.14. The maximum absolute atomic E-state index is 3.29. The van der Waals surface area contributed by atoms with Crippen LogP contribution in [-0.4, -0.2) is 0 Å². The van der Waals surface area contributed by atoms with E-state index in [0.717, 1.165) is 5.56 Å². The predicted octanol–water partition coefficient (Wildman–Crippen LogP) is 8.96. The third-order valence-corrected chi connectivity index (χ3v) is 6.25. The molecule has 0 nitrogen and oxygen atoms in total. The fraction of sp³-hybridized carbons (Fsp3) is 0.118. The molecule has 0 heterocycles. The summed E-state index contributed by atoms with van der Waals surface area (Å²) in [7, 11) is 0. The van der Waals surface area contributed by atoms with E-state index in [1.54, 1.807) is 0 Å². The summed E-state index contributed by atoms with van der Waals surface area (Å²) in [6.45, 7) is 8.56. The van der Waals surface area contributed by atoms with Gasteiger partial charge in [0.25, 0.3) is 0 Å². The number of hydrogen-bond donors (Lipinski definition) is 0. The minimum absolute atomic E-state index is 1.06. The van der Waals surface area contributed by atoms with Crippen LogP contribution in [0.15, 0.2) is 91.0 Å². The second-order valence-corrected chi connectivity index (χ2v) is 9.27. The van der Waals surface area contributed by atoms with Crippen molar-refractivity contribution in [3.63, 3.8) is 0 Å². The van der Waals surface area contributed by atoms with Crippen LogP contribution in [0.4, 0.5) is 0 Å². The number of benzene rings is 5. The molecule has 0 aliphatic heterocycles. The van der Waals surface area contributed by atoms with Crippen molar-refractivity contribution in [3.8, 4) is 23.0 Å². The smallest absolute Gasteiger partial charge is 0.0254 e. The van der Waals surface area contributed by atoms with Crippen LogP contribution in [0.3, 0.4) is 0 Å². The topological polar surface area (TPSA) is 0 Å². The summed E-state index contributed by atoms with van der Waals surface area (Å²) in [5.74, 6) is 6.54. The fourth-order valence-corrected chi connectivity index (χ4v) is 4.98. The van der Waals surface area contributed by atoms with Crippen LogP contribution in [-0.2, 0) is 0 Å². The first-order valence-corrected chi connectivity index (χ1v) is 11.8. The van der Waals surface area contributed by atoms with E-state index in [4.69, 9.17) is 0 Å². The van der Waals surface area contributed by atoms with Crippen molar-refractivity contribution in [1.29, 1.82) is 0 Å². The Bertz CT molecular complexity index is 1590. The number of aryl methyl sites for hydroxylation is 4. The first kappa shape index (κ1) is 21.7. The van der Waals surface area contributed by atoms with E-state index in [1.165, 1.54) is 60.5 Å². The van der Waals surface area contributed by atoms with Crippen molar-refractivity contribution < 1.29 is 0 Å². The van der Waals surface area contributed by atoms with Gasteiger partial charge in [-0.05, 0) is 107 Å². The molecule has 5 rings (SSSR count). The zero-order valence-electron chi connectivity index (χ0n) is 20.2. The number of rotatable bonds is 2. The second kappa shape index (κ2) is 9.05. The molecule has 34 heavy (non-hydrogen) atoms. The molecular weight excluding hydrogens is 408 g/mol. The molecule has 0 saturated carbocycles. The molecule has 0 aliphatic carbocycles. The van der Waals surface area contributed by atoms with E-state index in [2.05, 4.69) is 131 Å². The maximum Gasteiger partial charge on any atom is 0.0254 e. The molecule has 0 unspecified atom stereocenters. The summed E-state index contributed by atoms with van der Waals surface area (Å²) in [6.07, 6.45) is 4.13. The number of hydrogen-bond acceptors (Lipinski definition) is 0. The Morgan fingerprint density at radius 3 is 1.85 bits per heavy atom. The van der Waals surface area contributed by atoms with E-state index in [-0.39, 0.29) is 0 Å². The zero-order chi connectivity index (χ0) is 23.7. The van der Waals surface area contributed by atoms with Crippen LogP contribution in [0.25, 0.3) is 38.7 Å². The lowest BCUT2D eigenvalue weighted by Gasteiger charge is -2.13. The minimum Gasteiger partial charge on any atom is -0.0696 e. The highest BCUT2D eigenvalue weighted by Crippen LogP contribution is 2.36. The van der Waals surface area contributed by atoms with Crippen molar-refractivity contribution in [3.05, 3.63) is 124 Å². The molecular formula is C34H28. The molecule has 0 aliphatic rings. The summed E-state index contributed by atoms with van der Waals surface area (Å²) in [4.78, 5) is 0. The number of fused-ring (bicyclic) bond motifs is 3. The average Bonchev–Trinajstić information content (AvgIpc) is 2.80. The molecule has 0 fully saturated rings. The van der Waals surface area contributed by atoms with Gasteiger partial charge in [0.15, 0.2) is 0 Å². The van der Waals surface area contributed by atoms with Crippen LogP contribution in [0.5, 0.6) is 0 Å². The molecule has 0 radical (unpaired) electrons. The summed E-state index contributed by atoms with van der Waals surface area (Å²) in [5.41, 5.74) is 9.84. The molecule has 0 aromatic heterocycles. The van der Waals surface area contributed by atoms with Crippen LogP contribution < -0.4 is 0 Å². The molecule has 5 aromatic rings. The normalized spacial score (nSPS) is 11.2. The van der Waals surface area contributed by atoms with Gasteiger partial charge in [0.05, 0.1) is 0 Å². The molecule has 0 heteroatoms. The third kappa shape index (κ3) is 4.39. The van der Waals surface area contributed by atoms with Crippen molar-refractivity contribution in [2.24, 2.45) is 0 Å². The van der Waals surface area contributed by atoms with Crippen molar-refractivity contribution in [2.45, 2.75) is 27.7 Å². The molecule has 0 atom stereocenters. The van der Waals surface area contributed by atoms with Gasteiger partial charge in [-0.1, -0.05) is 89.7 Å². The summed E-state index contributed by atoms with van der Waals surface area (Å²) in [6, 6.07) is 30.9. The molecule has 164 valence electrons. The monoisotopic (exact) mass is 436 g/mol. The van der Waals surface area contributed by atoms with Gasteiger partial charge in [0.1, 0.15) is 0 Å². The quantitative estimate of drug-likeness (QED) is 0.191. The van der Waals surface area contributed by atoms with Crippen LogP contribution in [0.2, 0.25) is 0 Å². The fourth-order valence-electron chi connectivity index (χ4n) is 4.98. The minimum atomic E-state index is 1.06. The lowest BCUT2D eigenvalue weighted by Crippen LogP contribution is -1.88. The molecule has 0 saturated heterocycles.